The molecular weight excluding hydrogens is 588 g/mol. The molecule has 6 nitrogen and oxygen atoms in total. The van der Waals surface area contributed by atoms with Gasteiger partial charge < -0.3 is 15.3 Å². The van der Waals surface area contributed by atoms with Crippen molar-refractivity contribution in [3.05, 3.63) is 93.5 Å². The van der Waals surface area contributed by atoms with Gasteiger partial charge in [0.25, 0.3) is 18.2 Å². The number of rotatable bonds is 6. The molecule has 1 aromatic heterocycles. The fourth-order valence-electron chi connectivity index (χ4n) is 5.72. The highest BCUT2D eigenvalue weighted by molar-refractivity contribution is 6.30. The number of halogens is 7. The summed E-state index contributed by atoms with van der Waals surface area (Å²) in [5.41, 5.74) is -5.82. The number of aliphatic hydroxyl groups is 1. The van der Waals surface area contributed by atoms with Gasteiger partial charge in [-0.2, -0.15) is 13.2 Å². The number of fused-ring (bicyclic) bond motifs is 1. The van der Waals surface area contributed by atoms with E-state index in [4.69, 9.17) is 11.6 Å². The van der Waals surface area contributed by atoms with E-state index in [0.717, 1.165) is 24.4 Å². The Bertz CT molecular complexity index is 1530. The molecule has 3 aromatic rings. The lowest BCUT2D eigenvalue weighted by molar-refractivity contribution is -0.141. The molecule has 1 aliphatic carbocycles. The Morgan fingerprint density at radius 2 is 1.76 bits per heavy atom. The zero-order chi connectivity index (χ0) is 30.4. The van der Waals surface area contributed by atoms with E-state index in [0.29, 0.717) is 31.7 Å². The topological polar surface area (TPSA) is 82.5 Å². The molecule has 2 amide bonds. The first-order valence-corrected chi connectivity index (χ1v) is 13.4. The van der Waals surface area contributed by atoms with Crippen molar-refractivity contribution in [3.8, 4) is 0 Å². The summed E-state index contributed by atoms with van der Waals surface area (Å²) >= 11 is 5.84. The summed E-state index contributed by atoms with van der Waals surface area (Å²) in [6.45, 7) is 0.0904. The molecule has 1 unspecified atom stereocenters. The number of pyridine rings is 1. The van der Waals surface area contributed by atoms with Crippen molar-refractivity contribution >= 4 is 29.1 Å². The van der Waals surface area contributed by atoms with Gasteiger partial charge in [-0.3, -0.25) is 14.6 Å². The van der Waals surface area contributed by atoms with Crippen LogP contribution in [0, 0.1) is 11.7 Å². The van der Waals surface area contributed by atoms with Gasteiger partial charge in [-0.25, -0.2) is 13.2 Å². The number of alkyl halides is 5. The van der Waals surface area contributed by atoms with Crippen molar-refractivity contribution in [3.63, 3.8) is 0 Å². The first-order valence-electron chi connectivity index (χ1n) is 13.1. The highest BCUT2D eigenvalue weighted by Gasteiger charge is 2.53. The molecule has 2 aliphatic rings. The molecule has 5 rings (SSSR count). The number of amides is 2. The monoisotopic (exact) mass is 611 g/mol. The normalized spacial score (nSPS) is 22.4. The van der Waals surface area contributed by atoms with Crippen molar-refractivity contribution < 1.29 is 41.0 Å². The van der Waals surface area contributed by atoms with Crippen LogP contribution in [0.15, 0.2) is 54.7 Å². The summed E-state index contributed by atoms with van der Waals surface area (Å²) < 4.78 is 82.0. The van der Waals surface area contributed by atoms with Crippen LogP contribution >= 0.6 is 11.6 Å². The van der Waals surface area contributed by atoms with Crippen LogP contribution in [0.25, 0.3) is 0 Å². The van der Waals surface area contributed by atoms with Crippen LogP contribution in [-0.4, -0.2) is 34.5 Å². The van der Waals surface area contributed by atoms with Crippen molar-refractivity contribution in [2.45, 2.75) is 49.9 Å². The number of nitrogens with one attached hydrogen (secondary N) is 1. The van der Waals surface area contributed by atoms with Gasteiger partial charge in [0.05, 0.1) is 21.8 Å². The number of carbonyl (C=O) groups excluding carboxylic acids is 2. The predicted octanol–water partition coefficient (Wildman–Crippen LogP) is 6.40. The number of carbonyl (C=O) groups is 2. The van der Waals surface area contributed by atoms with Crippen molar-refractivity contribution in [1.82, 2.24) is 10.3 Å². The third-order valence-corrected chi connectivity index (χ3v) is 8.00. The number of nitrogens with zero attached hydrogens (tertiary/aromatic N) is 2. The Morgan fingerprint density at radius 1 is 1.10 bits per heavy atom. The summed E-state index contributed by atoms with van der Waals surface area (Å²) in [5.74, 6) is -3.56. The van der Waals surface area contributed by atoms with Gasteiger partial charge in [0, 0.05) is 29.9 Å². The quantitative estimate of drug-likeness (QED) is 0.316. The molecule has 0 bridgehead atoms. The minimum absolute atomic E-state index is 0.0286. The smallest absolute Gasteiger partial charge is 0.372 e. The van der Waals surface area contributed by atoms with E-state index in [-0.39, 0.29) is 40.3 Å². The zero-order valence-electron chi connectivity index (χ0n) is 21.8. The minimum atomic E-state index is -5.03. The average Bonchev–Trinajstić information content (AvgIpc) is 3.15. The van der Waals surface area contributed by atoms with E-state index in [9.17, 15) is 36.6 Å². The highest BCUT2D eigenvalue weighted by atomic mass is 35.5. The second kappa shape index (κ2) is 11.2. The number of hydrogen-bond acceptors (Lipinski definition) is 4. The second-order valence-corrected chi connectivity index (χ2v) is 10.8. The number of hydrogen-bond donors (Lipinski definition) is 2. The van der Waals surface area contributed by atoms with Crippen molar-refractivity contribution in [1.29, 1.82) is 0 Å². The summed E-state index contributed by atoms with van der Waals surface area (Å²) in [7, 11) is 0. The molecule has 0 radical (unpaired) electrons. The van der Waals surface area contributed by atoms with Gasteiger partial charge in [-0.15, -0.1) is 0 Å². The Kier molecular flexibility index (Phi) is 7.97. The summed E-state index contributed by atoms with van der Waals surface area (Å²) in [5, 5.41) is 14.3. The third kappa shape index (κ3) is 5.33. The Morgan fingerprint density at radius 3 is 2.43 bits per heavy atom. The van der Waals surface area contributed by atoms with Gasteiger partial charge in [0.15, 0.2) is 5.60 Å². The summed E-state index contributed by atoms with van der Waals surface area (Å²) in [6.07, 6.45) is -5.07. The highest BCUT2D eigenvalue weighted by Crippen LogP contribution is 2.47. The third-order valence-electron chi connectivity index (χ3n) is 7.79. The Labute approximate surface area is 241 Å². The molecule has 13 heteroatoms. The average molecular weight is 612 g/mol. The van der Waals surface area contributed by atoms with Crippen LogP contribution in [0.2, 0.25) is 5.02 Å². The van der Waals surface area contributed by atoms with E-state index in [2.05, 4.69) is 10.3 Å². The van der Waals surface area contributed by atoms with E-state index >= 15 is 4.39 Å². The predicted molar refractivity (Wildman–Crippen MR) is 141 cm³/mol. The minimum Gasteiger partial charge on any atom is -0.372 e. The van der Waals surface area contributed by atoms with Crippen LogP contribution in [-0.2, 0) is 16.6 Å². The summed E-state index contributed by atoms with van der Waals surface area (Å²) in [6, 6.07) is 9.22. The van der Waals surface area contributed by atoms with E-state index < -0.39 is 52.7 Å². The largest absolute Gasteiger partial charge is 0.419 e. The number of para-hydroxylation sites is 1. The first kappa shape index (κ1) is 29.8. The molecule has 0 saturated heterocycles. The zero-order valence-corrected chi connectivity index (χ0v) is 22.5. The van der Waals surface area contributed by atoms with Crippen molar-refractivity contribution in [2.75, 3.05) is 11.4 Å². The molecule has 1 fully saturated rings. The van der Waals surface area contributed by atoms with E-state index in [1.54, 1.807) is 6.07 Å². The molecule has 2 aromatic carbocycles. The van der Waals surface area contributed by atoms with E-state index in [1.165, 1.54) is 23.1 Å². The van der Waals surface area contributed by atoms with Crippen LogP contribution < -0.4 is 10.2 Å². The molecule has 2 heterocycles. The molecule has 1 aliphatic heterocycles. The van der Waals surface area contributed by atoms with Gasteiger partial charge in [0.2, 0.25) is 0 Å². The maximum absolute atomic E-state index is 15.1. The molecule has 1 atom stereocenters. The maximum Gasteiger partial charge on any atom is 0.419 e. The standard InChI is InChI=1S/C29H24ClF6N3O3/c30-16-12-18(24(25(32)33)37-13-16)26(40)38-17-10-8-15(9-11-17)14-39-22-7-2-1-4-19(22)28(42,27(39)41)20-5-3-6-21(23(20)31)29(34,35)36/h1-7,12-13,15,17,25,42H,8-11,14H2,(H,38,40). The maximum atomic E-state index is 15.1. The van der Waals surface area contributed by atoms with Crippen LogP contribution in [0.3, 0.4) is 0 Å². The van der Waals surface area contributed by atoms with Gasteiger partial charge in [-0.05, 0) is 49.8 Å². The molecule has 2 N–H and O–H groups in total. The lowest BCUT2D eigenvalue weighted by Gasteiger charge is -2.32. The molecular formula is C29H24ClF6N3O3. The number of aromatic nitrogens is 1. The number of anilines is 1. The Balaban J connectivity index is 1.31. The first-order chi connectivity index (χ1) is 19.8. The lowest BCUT2D eigenvalue weighted by atomic mass is 9.85. The Hall–Kier alpha value is -3.64. The summed E-state index contributed by atoms with van der Waals surface area (Å²) in [4.78, 5) is 31.2. The van der Waals surface area contributed by atoms with Gasteiger partial charge in [0.1, 0.15) is 11.5 Å². The van der Waals surface area contributed by atoms with Crippen LogP contribution in [0.5, 0.6) is 0 Å². The van der Waals surface area contributed by atoms with E-state index in [1.807, 2.05) is 0 Å². The molecule has 1 saturated carbocycles. The fourth-order valence-corrected chi connectivity index (χ4v) is 5.88. The molecule has 42 heavy (non-hydrogen) atoms. The SMILES string of the molecule is O=C(NC1CCC(CN2C(=O)C(O)(c3cccc(C(F)(F)F)c3F)c3ccccc32)CC1)c1cc(Cl)cnc1C(F)F. The fraction of sp³-hybridized carbons (Fsp3) is 0.345. The van der Waals surface area contributed by atoms with Crippen molar-refractivity contribution in [2.24, 2.45) is 5.92 Å². The molecule has 222 valence electrons. The number of benzene rings is 2. The van der Waals surface area contributed by atoms with Gasteiger partial charge >= 0.3 is 6.18 Å². The molecule has 0 spiro atoms. The van der Waals surface area contributed by atoms with Gasteiger partial charge in [-0.1, -0.05) is 41.9 Å². The second-order valence-electron chi connectivity index (χ2n) is 10.4. The van der Waals surface area contributed by atoms with Crippen LogP contribution in [0.1, 0.15) is 64.9 Å². The van der Waals surface area contributed by atoms with Crippen LogP contribution in [0.4, 0.5) is 32.0 Å². The lowest BCUT2D eigenvalue weighted by Crippen LogP contribution is -2.45.